The zero-order valence-corrected chi connectivity index (χ0v) is 12.0. The highest BCUT2D eigenvalue weighted by molar-refractivity contribution is 9.10. The molecule has 0 radical (unpaired) electrons. The Hall–Kier alpha value is -0.980. The first kappa shape index (κ1) is 13.5. The highest BCUT2D eigenvalue weighted by Gasteiger charge is 2.10. The Morgan fingerprint density at radius 1 is 1.56 bits per heavy atom. The second kappa shape index (κ2) is 5.77. The molecule has 0 unspecified atom stereocenters. The van der Waals surface area contributed by atoms with Gasteiger partial charge in [-0.05, 0) is 28.9 Å². The van der Waals surface area contributed by atoms with Crippen molar-refractivity contribution in [1.29, 1.82) is 0 Å². The monoisotopic (exact) mass is 331 g/mol. The van der Waals surface area contributed by atoms with Gasteiger partial charge in [0.2, 0.25) is 0 Å². The van der Waals surface area contributed by atoms with E-state index < -0.39 is 0 Å². The van der Waals surface area contributed by atoms with E-state index in [0.29, 0.717) is 30.9 Å². The molecule has 2 aromatic heterocycles. The Balaban J connectivity index is 2.55. The van der Waals surface area contributed by atoms with Crippen molar-refractivity contribution in [1.82, 2.24) is 14.5 Å². The van der Waals surface area contributed by atoms with Crippen LogP contribution < -0.4 is 5.56 Å². The molecule has 2 aromatic rings. The van der Waals surface area contributed by atoms with E-state index in [0.717, 1.165) is 4.47 Å². The van der Waals surface area contributed by atoms with Gasteiger partial charge in [0.25, 0.3) is 5.56 Å². The van der Waals surface area contributed by atoms with Crippen molar-refractivity contribution in [2.75, 3.05) is 13.2 Å². The molecule has 0 saturated carbocycles. The smallest absolute Gasteiger partial charge is 0.288 e. The molecule has 0 aliphatic carbocycles. The van der Waals surface area contributed by atoms with Crippen molar-refractivity contribution in [2.45, 2.75) is 13.5 Å². The molecule has 0 aromatic carbocycles. The largest absolute Gasteiger partial charge is 0.380 e. The van der Waals surface area contributed by atoms with Crippen molar-refractivity contribution >= 4 is 38.7 Å². The Kier molecular flexibility index (Phi) is 4.31. The predicted octanol–water partition coefficient (Wildman–Crippen LogP) is 2.24. The van der Waals surface area contributed by atoms with Gasteiger partial charge in [-0.15, -0.1) is 0 Å². The van der Waals surface area contributed by atoms with Gasteiger partial charge in [0.15, 0.2) is 10.8 Å². The van der Waals surface area contributed by atoms with Gasteiger partial charge in [-0.1, -0.05) is 11.6 Å². The average molecular weight is 333 g/mol. The van der Waals surface area contributed by atoms with Crippen LogP contribution in [0, 0.1) is 0 Å². The Labute approximate surface area is 117 Å². The molecule has 0 bridgehead atoms. The van der Waals surface area contributed by atoms with Crippen LogP contribution >= 0.6 is 27.5 Å². The summed E-state index contributed by atoms with van der Waals surface area (Å²) in [6.07, 6.45) is 1.61. The number of aromatic nitrogens is 3. The summed E-state index contributed by atoms with van der Waals surface area (Å²) < 4.78 is 7.56. The SMILES string of the molecule is CCOCCn1c(=O)c(Cl)nc2ncc(Br)cc21. The highest BCUT2D eigenvalue weighted by Crippen LogP contribution is 2.15. The number of nitrogens with zero attached hydrogens (tertiary/aromatic N) is 3. The van der Waals surface area contributed by atoms with Gasteiger partial charge in [0.1, 0.15) is 0 Å². The van der Waals surface area contributed by atoms with E-state index in [9.17, 15) is 4.79 Å². The van der Waals surface area contributed by atoms with Crippen LogP contribution in [-0.2, 0) is 11.3 Å². The van der Waals surface area contributed by atoms with Crippen molar-refractivity contribution < 1.29 is 4.74 Å². The Morgan fingerprint density at radius 3 is 3.06 bits per heavy atom. The van der Waals surface area contributed by atoms with Crippen LogP contribution in [0.3, 0.4) is 0 Å². The van der Waals surface area contributed by atoms with Crippen LogP contribution in [0.25, 0.3) is 11.2 Å². The molecule has 0 N–H and O–H groups in total. The molecule has 0 aliphatic heterocycles. The van der Waals surface area contributed by atoms with Crippen molar-refractivity contribution in [3.63, 3.8) is 0 Å². The van der Waals surface area contributed by atoms with E-state index in [2.05, 4.69) is 25.9 Å². The molecule has 0 saturated heterocycles. The van der Waals surface area contributed by atoms with Crippen LogP contribution in [0.15, 0.2) is 21.5 Å². The van der Waals surface area contributed by atoms with Gasteiger partial charge in [0, 0.05) is 23.8 Å². The average Bonchev–Trinajstić information content (AvgIpc) is 2.35. The van der Waals surface area contributed by atoms with Crippen LogP contribution in [0.5, 0.6) is 0 Å². The van der Waals surface area contributed by atoms with Crippen LogP contribution in [-0.4, -0.2) is 27.7 Å². The normalized spacial score (nSPS) is 11.1. The number of halogens is 2. The summed E-state index contributed by atoms with van der Waals surface area (Å²) >= 11 is 9.13. The Bertz CT molecular complexity index is 629. The van der Waals surface area contributed by atoms with Gasteiger partial charge in [-0.3, -0.25) is 4.79 Å². The summed E-state index contributed by atoms with van der Waals surface area (Å²) in [5.41, 5.74) is 0.751. The first-order valence-corrected chi connectivity index (χ1v) is 6.60. The van der Waals surface area contributed by atoms with E-state index in [1.165, 1.54) is 4.57 Å². The van der Waals surface area contributed by atoms with E-state index in [1.54, 1.807) is 12.3 Å². The quantitative estimate of drug-likeness (QED) is 0.806. The van der Waals surface area contributed by atoms with Gasteiger partial charge in [-0.2, -0.15) is 0 Å². The lowest BCUT2D eigenvalue weighted by atomic mass is 10.4. The number of pyridine rings is 1. The molecular weight excluding hydrogens is 321 g/mol. The number of hydrogen-bond donors (Lipinski definition) is 0. The second-order valence-corrected chi connectivity index (χ2v) is 4.83. The summed E-state index contributed by atoms with van der Waals surface area (Å²) in [5.74, 6) is 0. The second-order valence-electron chi connectivity index (χ2n) is 3.55. The summed E-state index contributed by atoms with van der Waals surface area (Å²) in [6.45, 7) is 3.37. The van der Waals surface area contributed by atoms with Crippen LogP contribution in [0.1, 0.15) is 6.92 Å². The highest BCUT2D eigenvalue weighted by atomic mass is 79.9. The molecule has 96 valence electrons. The van der Waals surface area contributed by atoms with Gasteiger partial charge < -0.3 is 9.30 Å². The first-order chi connectivity index (χ1) is 8.63. The first-order valence-electron chi connectivity index (χ1n) is 5.43. The molecule has 0 spiro atoms. The van der Waals surface area contributed by atoms with Crippen molar-refractivity contribution in [2.24, 2.45) is 0 Å². The summed E-state index contributed by atoms with van der Waals surface area (Å²) in [6, 6.07) is 1.79. The van der Waals surface area contributed by atoms with Crippen molar-refractivity contribution in [3.8, 4) is 0 Å². The lowest BCUT2D eigenvalue weighted by Gasteiger charge is -2.10. The fraction of sp³-hybridized carbons (Fsp3) is 0.364. The molecule has 0 fully saturated rings. The maximum atomic E-state index is 12.0. The third-order valence-corrected chi connectivity index (χ3v) is 3.07. The van der Waals surface area contributed by atoms with Crippen molar-refractivity contribution in [3.05, 3.63) is 32.2 Å². The number of ether oxygens (including phenoxy) is 1. The number of fused-ring (bicyclic) bond motifs is 1. The molecule has 2 heterocycles. The van der Waals surface area contributed by atoms with E-state index >= 15 is 0 Å². The molecule has 0 amide bonds. The zero-order valence-electron chi connectivity index (χ0n) is 9.69. The molecule has 7 heteroatoms. The zero-order chi connectivity index (χ0) is 13.1. The molecular formula is C11H11BrClN3O2. The minimum absolute atomic E-state index is 0.0752. The predicted molar refractivity (Wildman–Crippen MR) is 73.0 cm³/mol. The molecule has 5 nitrogen and oxygen atoms in total. The van der Waals surface area contributed by atoms with E-state index in [4.69, 9.17) is 16.3 Å². The fourth-order valence-corrected chi connectivity index (χ4v) is 2.09. The van der Waals surface area contributed by atoms with Gasteiger partial charge in [0.05, 0.1) is 12.1 Å². The molecule has 0 aliphatic rings. The standard InChI is InChI=1S/C11H11BrClN3O2/c1-2-18-4-3-16-8-5-7(12)6-14-10(8)15-9(13)11(16)17/h5-6H,2-4H2,1H3. The van der Waals surface area contributed by atoms with Gasteiger partial charge in [-0.25, -0.2) is 9.97 Å². The maximum Gasteiger partial charge on any atom is 0.288 e. The molecule has 18 heavy (non-hydrogen) atoms. The lowest BCUT2D eigenvalue weighted by Crippen LogP contribution is -2.24. The number of rotatable bonds is 4. The third-order valence-electron chi connectivity index (χ3n) is 2.39. The fourth-order valence-electron chi connectivity index (χ4n) is 1.59. The molecule has 2 rings (SSSR count). The minimum Gasteiger partial charge on any atom is -0.380 e. The lowest BCUT2D eigenvalue weighted by molar-refractivity contribution is 0.139. The number of hydrogen-bond acceptors (Lipinski definition) is 4. The maximum absolute atomic E-state index is 12.0. The summed E-state index contributed by atoms with van der Waals surface area (Å²) in [4.78, 5) is 20.1. The van der Waals surface area contributed by atoms with E-state index in [1.807, 2.05) is 6.92 Å². The molecule has 0 atom stereocenters. The van der Waals surface area contributed by atoms with Crippen LogP contribution in [0.4, 0.5) is 0 Å². The minimum atomic E-state index is -0.330. The summed E-state index contributed by atoms with van der Waals surface area (Å²) in [5, 5.41) is -0.0752. The summed E-state index contributed by atoms with van der Waals surface area (Å²) in [7, 11) is 0. The van der Waals surface area contributed by atoms with E-state index in [-0.39, 0.29) is 10.7 Å². The third kappa shape index (κ3) is 2.71. The topological polar surface area (TPSA) is 57.0 Å². The van der Waals surface area contributed by atoms with Gasteiger partial charge >= 0.3 is 0 Å². The Morgan fingerprint density at radius 2 is 2.33 bits per heavy atom. The van der Waals surface area contributed by atoms with Crippen LogP contribution in [0.2, 0.25) is 5.15 Å².